The van der Waals surface area contributed by atoms with Gasteiger partial charge >= 0.3 is 0 Å². The quantitative estimate of drug-likeness (QED) is 0.803. The molecule has 1 amide bonds. The number of hydrogen-bond donors (Lipinski definition) is 1. The summed E-state index contributed by atoms with van der Waals surface area (Å²) < 4.78 is 5.24. The fraction of sp³-hybridized carbons (Fsp3) is 0.929. The van der Waals surface area contributed by atoms with Crippen molar-refractivity contribution in [2.75, 3.05) is 32.8 Å². The van der Waals surface area contributed by atoms with Gasteiger partial charge in [-0.2, -0.15) is 0 Å². The number of rotatable bonds is 5. The first-order valence-electron chi connectivity index (χ1n) is 7.25. The molecule has 0 aromatic heterocycles. The number of amides is 1. The van der Waals surface area contributed by atoms with Crippen LogP contribution in [-0.4, -0.2) is 49.7 Å². The normalized spacial score (nSPS) is 28.3. The minimum Gasteiger partial charge on any atom is -0.378 e. The average molecular weight is 254 g/mol. The summed E-state index contributed by atoms with van der Waals surface area (Å²) in [5, 5.41) is 3.50. The van der Waals surface area contributed by atoms with Crippen LogP contribution in [0.25, 0.3) is 0 Å². The molecule has 2 rings (SSSR count). The van der Waals surface area contributed by atoms with Crippen molar-refractivity contribution in [1.82, 2.24) is 10.2 Å². The van der Waals surface area contributed by atoms with Gasteiger partial charge in [0.05, 0.1) is 13.2 Å². The number of morpholine rings is 1. The van der Waals surface area contributed by atoms with E-state index in [9.17, 15) is 4.79 Å². The summed E-state index contributed by atoms with van der Waals surface area (Å²) in [5.41, 5.74) is 0. The van der Waals surface area contributed by atoms with Gasteiger partial charge in [0.1, 0.15) is 0 Å². The van der Waals surface area contributed by atoms with Crippen molar-refractivity contribution in [3.8, 4) is 0 Å². The summed E-state index contributed by atoms with van der Waals surface area (Å²) in [5.74, 6) is 1.96. The number of nitrogens with one attached hydrogen (secondary N) is 1. The lowest BCUT2D eigenvalue weighted by Gasteiger charge is -2.38. The first-order chi connectivity index (χ1) is 8.66. The molecule has 1 saturated heterocycles. The second kappa shape index (κ2) is 6.53. The molecule has 0 bridgehead atoms. The molecule has 18 heavy (non-hydrogen) atoms. The molecule has 0 aromatic rings. The molecule has 0 radical (unpaired) electrons. The summed E-state index contributed by atoms with van der Waals surface area (Å²) >= 11 is 0. The van der Waals surface area contributed by atoms with E-state index in [-0.39, 0.29) is 5.91 Å². The third kappa shape index (κ3) is 3.69. The maximum Gasteiger partial charge on any atom is 0.224 e. The molecule has 2 aliphatic rings. The van der Waals surface area contributed by atoms with E-state index < -0.39 is 0 Å². The molecule has 0 aromatic carbocycles. The van der Waals surface area contributed by atoms with Crippen LogP contribution in [0.4, 0.5) is 0 Å². The second-order valence-corrected chi connectivity index (χ2v) is 5.87. The Labute approximate surface area is 110 Å². The topological polar surface area (TPSA) is 41.6 Å². The predicted octanol–water partition coefficient (Wildman–Crippen LogP) is 1.26. The smallest absolute Gasteiger partial charge is 0.224 e. The Morgan fingerprint density at radius 2 is 2.00 bits per heavy atom. The SMILES string of the molecule is CC(C)C1CC(NCCC(=O)N2CCOCC2)C1. The van der Waals surface area contributed by atoms with Crippen molar-refractivity contribution < 1.29 is 9.53 Å². The van der Waals surface area contributed by atoms with Gasteiger partial charge in [-0.3, -0.25) is 4.79 Å². The Hall–Kier alpha value is -0.610. The number of carbonyl (C=O) groups is 1. The van der Waals surface area contributed by atoms with Gasteiger partial charge in [0, 0.05) is 32.1 Å². The van der Waals surface area contributed by atoms with Crippen molar-refractivity contribution in [3.63, 3.8) is 0 Å². The molecular formula is C14H26N2O2. The van der Waals surface area contributed by atoms with Crippen LogP contribution in [-0.2, 0) is 9.53 Å². The maximum absolute atomic E-state index is 11.9. The van der Waals surface area contributed by atoms with E-state index in [1.165, 1.54) is 12.8 Å². The Morgan fingerprint density at radius 1 is 1.33 bits per heavy atom. The molecule has 1 aliphatic heterocycles. The molecule has 104 valence electrons. The highest BCUT2D eigenvalue weighted by Crippen LogP contribution is 2.33. The number of carbonyl (C=O) groups excluding carboxylic acids is 1. The van der Waals surface area contributed by atoms with Crippen molar-refractivity contribution in [3.05, 3.63) is 0 Å². The molecule has 1 N–H and O–H groups in total. The van der Waals surface area contributed by atoms with Crippen molar-refractivity contribution in [2.24, 2.45) is 11.8 Å². The first kappa shape index (κ1) is 13.8. The fourth-order valence-electron chi connectivity index (χ4n) is 2.73. The molecule has 1 heterocycles. The van der Waals surface area contributed by atoms with Gasteiger partial charge in [0.25, 0.3) is 0 Å². The number of hydrogen-bond acceptors (Lipinski definition) is 3. The van der Waals surface area contributed by atoms with E-state index in [0.717, 1.165) is 31.5 Å². The minimum absolute atomic E-state index is 0.269. The lowest BCUT2D eigenvalue weighted by atomic mass is 9.74. The van der Waals surface area contributed by atoms with Crippen molar-refractivity contribution in [2.45, 2.75) is 39.2 Å². The van der Waals surface area contributed by atoms with Gasteiger partial charge < -0.3 is 15.0 Å². The molecular weight excluding hydrogens is 228 g/mol. The van der Waals surface area contributed by atoms with Gasteiger partial charge in [-0.25, -0.2) is 0 Å². The Morgan fingerprint density at radius 3 is 2.61 bits per heavy atom. The Kier molecular flexibility index (Phi) is 5.01. The summed E-state index contributed by atoms with van der Waals surface area (Å²) in [6, 6.07) is 0.648. The van der Waals surface area contributed by atoms with Crippen molar-refractivity contribution >= 4 is 5.91 Å². The molecule has 1 saturated carbocycles. The summed E-state index contributed by atoms with van der Waals surface area (Å²) in [4.78, 5) is 13.8. The van der Waals surface area contributed by atoms with Gasteiger partial charge in [-0.15, -0.1) is 0 Å². The zero-order chi connectivity index (χ0) is 13.0. The first-order valence-corrected chi connectivity index (χ1v) is 7.25. The van der Waals surface area contributed by atoms with E-state index in [1.54, 1.807) is 0 Å². The summed E-state index contributed by atoms with van der Waals surface area (Å²) in [6.07, 6.45) is 3.19. The van der Waals surface area contributed by atoms with Gasteiger partial charge in [0.15, 0.2) is 0 Å². The molecule has 0 atom stereocenters. The van der Waals surface area contributed by atoms with Gasteiger partial charge in [-0.05, 0) is 24.7 Å². The van der Waals surface area contributed by atoms with Crippen LogP contribution in [0.1, 0.15) is 33.1 Å². The monoisotopic (exact) mass is 254 g/mol. The van der Waals surface area contributed by atoms with Crippen LogP contribution >= 0.6 is 0 Å². The molecule has 1 aliphatic carbocycles. The molecule has 4 heteroatoms. The lowest BCUT2D eigenvalue weighted by Crippen LogP contribution is -2.45. The highest BCUT2D eigenvalue weighted by Gasteiger charge is 2.30. The molecule has 0 unspecified atom stereocenters. The van der Waals surface area contributed by atoms with Crippen LogP contribution in [0.3, 0.4) is 0 Å². The second-order valence-electron chi connectivity index (χ2n) is 5.87. The van der Waals surface area contributed by atoms with Crippen LogP contribution in [0, 0.1) is 11.8 Å². The third-order valence-corrected chi connectivity index (χ3v) is 4.25. The maximum atomic E-state index is 11.9. The van der Waals surface area contributed by atoms with E-state index >= 15 is 0 Å². The molecule has 4 nitrogen and oxygen atoms in total. The Bertz CT molecular complexity index is 269. The molecule has 0 spiro atoms. The number of nitrogens with zero attached hydrogens (tertiary/aromatic N) is 1. The number of ether oxygens (including phenoxy) is 1. The van der Waals surface area contributed by atoms with Crippen LogP contribution in [0.5, 0.6) is 0 Å². The zero-order valence-electron chi connectivity index (χ0n) is 11.7. The Balaban J connectivity index is 1.54. The van der Waals surface area contributed by atoms with Crippen LogP contribution in [0.15, 0.2) is 0 Å². The highest BCUT2D eigenvalue weighted by molar-refractivity contribution is 5.76. The zero-order valence-corrected chi connectivity index (χ0v) is 11.7. The van der Waals surface area contributed by atoms with E-state index in [0.29, 0.717) is 25.7 Å². The molecule has 2 fully saturated rings. The third-order valence-electron chi connectivity index (χ3n) is 4.25. The van der Waals surface area contributed by atoms with Crippen LogP contribution < -0.4 is 5.32 Å². The van der Waals surface area contributed by atoms with Crippen LogP contribution in [0.2, 0.25) is 0 Å². The largest absolute Gasteiger partial charge is 0.378 e. The van der Waals surface area contributed by atoms with Crippen molar-refractivity contribution in [1.29, 1.82) is 0 Å². The van der Waals surface area contributed by atoms with E-state index in [4.69, 9.17) is 4.74 Å². The minimum atomic E-state index is 0.269. The highest BCUT2D eigenvalue weighted by atomic mass is 16.5. The van der Waals surface area contributed by atoms with Gasteiger partial charge in [0.2, 0.25) is 5.91 Å². The van der Waals surface area contributed by atoms with Gasteiger partial charge in [-0.1, -0.05) is 13.8 Å². The fourth-order valence-corrected chi connectivity index (χ4v) is 2.73. The van der Waals surface area contributed by atoms with E-state index in [1.807, 2.05) is 4.90 Å². The summed E-state index contributed by atoms with van der Waals surface area (Å²) in [6.45, 7) is 8.32. The summed E-state index contributed by atoms with van der Waals surface area (Å²) in [7, 11) is 0. The predicted molar refractivity (Wildman–Crippen MR) is 71.4 cm³/mol. The van der Waals surface area contributed by atoms with E-state index in [2.05, 4.69) is 19.2 Å². The lowest BCUT2D eigenvalue weighted by molar-refractivity contribution is -0.135. The average Bonchev–Trinajstić information content (AvgIpc) is 2.32. The standard InChI is InChI=1S/C14H26N2O2/c1-11(2)12-9-13(10-12)15-4-3-14(17)16-5-7-18-8-6-16/h11-13,15H,3-10H2,1-2H3.